The van der Waals surface area contributed by atoms with E-state index in [9.17, 15) is 14.9 Å². The highest BCUT2D eigenvalue weighted by molar-refractivity contribution is 7.99. The Balaban J connectivity index is 1.58. The zero-order valence-electron chi connectivity index (χ0n) is 12.7. The number of nitro benzene ring substituents is 1. The van der Waals surface area contributed by atoms with E-state index >= 15 is 0 Å². The van der Waals surface area contributed by atoms with Crippen LogP contribution < -0.4 is 11.2 Å². The standard InChI is InChI=1S/C14H12N6O3S2/c15-19-13(11-2-1-7-24-11)17-18-14(19)25-8-12(21)16-9-3-5-10(6-4-9)20(22)23/h1-7H,8,15H2,(H,16,21). The number of hydrogen-bond donors (Lipinski definition) is 2. The van der Waals surface area contributed by atoms with Gasteiger partial charge in [0.15, 0.2) is 5.82 Å². The Kier molecular flexibility index (Phi) is 4.95. The Morgan fingerprint density at radius 1 is 1.32 bits per heavy atom. The van der Waals surface area contributed by atoms with Gasteiger partial charge in [0.2, 0.25) is 11.1 Å². The molecule has 2 aromatic heterocycles. The lowest BCUT2D eigenvalue weighted by Gasteiger charge is -2.05. The Morgan fingerprint density at radius 2 is 2.08 bits per heavy atom. The highest BCUT2D eigenvalue weighted by atomic mass is 32.2. The summed E-state index contributed by atoms with van der Waals surface area (Å²) in [5.74, 6) is 6.30. The number of carbonyl (C=O) groups excluding carboxylic acids is 1. The van der Waals surface area contributed by atoms with E-state index in [0.717, 1.165) is 16.6 Å². The molecule has 128 valence electrons. The normalized spacial score (nSPS) is 10.6. The van der Waals surface area contributed by atoms with E-state index in [1.807, 2.05) is 17.5 Å². The number of non-ortho nitro benzene ring substituents is 1. The van der Waals surface area contributed by atoms with Crippen molar-refractivity contribution in [3.63, 3.8) is 0 Å². The van der Waals surface area contributed by atoms with E-state index in [4.69, 9.17) is 5.84 Å². The first-order valence-corrected chi connectivity index (χ1v) is 8.82. The van der Waals surface area contributed by atoms with Crippen LogP contribution in [0.1, 0.15) is 0 Å². The lowest BCUT2D eigenvalue weighted by atomic mass is 10.3. The van der Waals surface area contributed by atoms with E-state index in [0.29, 0.717) is 16.7 Å². The monoisotopic (exact) mass is 376 g/mol. The predicted octanol–water partition coefficient (Wildman–Crippen LogP) is 2.36. The molecular formula is C14H12N6O3S2. The molecule has 9 nitrogen and oxygen atoms in total. The Hall–Kier alpha value is -2.92. The summed E-state index contributed by atoms with van der Waals surface area (Å²) in [5, 5.41) is 23.6. The molecule has 25 heavy (non-hydrogen) atoms. The third kappa shape index (κ3) is 3.95. The first-order chi connectivity index (χ1) is 12.0. The van der Waals surface area contributed by atoms with Crippen LogP contribution in [0.3, 0.4) is 0 Å². The number of rotatable bonds is 6. The number of anilines is 1. The minimum Gasteiger partial charge on any atom is -0.335 e. The molecule has 2 heterocycles. The summed E-state index contributed by atoms with van der Waals surface area (Å²) in [4.78, 5) is 23.0. The van der Waals surface area contributed by atoms with Gasteiger partial charge in [0.25, 0.3) is 5.69 Å². The van der Waals surface area contributed by atoms with Crippen LogP contribution in [-0.2, 0) is 4.79 Å². The second kappa shape index (κ2) is 7.32. The molecule has 0 spiro atoms. The van der Waals surface area contributed by atoms with Gasteiger partial charge in [0.05, 0.1) is 15.6 Å². The molecule has 0 saturated heterocycles. The molecule has 1 amide bonds. The summed E-state index contributed by atoms with van der Waals surface area (Å²) < 4.78 is 1.34. The van der Waals surface area contributed by atoms with Gasteiger partial charge in [-0.3, -0.25) is 14.9 Å². The molecule has 1 aromatic carbocycles. The largest absolute Gasteiger partial charge is 0.335 e. The molecule has 0 aliphatic rings. The summed E-state index contributed by atoms with van der Waals surface area (Å²) in [6.45, 7) is 0. The maximum atomic E-state index is 12.0. The molecule has 3 N–H and O–H groups in total. The third-order valence-corrected chi connectivity index (χ3v) is 4.91. The van der Waals surface area contributed by atoms with E-state index in [1.54, 1.807) is 0 Å². The van der Waals surface area contributed by atoms with Crippen LogP contribution in [0.2, 0.25) is 0 Å². The molecule has 3 rings (SSSR count). The molecule has 0 saturated carbocycles. The van der Waals surface area contributed by atoms with Crippen LogP contribution in [0.15, 0.2) is 46.9 Å². The van der Waals surface area contributed by atoms with Gasteiger partial charge in [0, 0.05) is 17.8 Å². The zero-order valence-corrected chi connectivity index (χ0v) is 14.3. The summed E-state index contributed by atoms with van der Waals surface area (Å²) in [5.41, 5.74) is 0.439. The number of aromatic nitrogens is 3. The number of benzene rings is 1. The minimum atomic E-state index is -0.499. The topological polar surface area (TPSA) is 129 Å². The van der Waals surface area contributed by atoms with Crippen molar-refractivity contribution in [2.45, 2.75) is 5.16 Å². The Morgan fingerprint density at radius 3 is 2.72 bits per heavy atom. The average Bonchev–Trinajstić information content (AvgIpc) is 3.23. The summed E-state index contributed by atoms with van der Waals surface area (Å²) >= 11 is 2.64. The molecule has 0 aliphatic heterocycles. The molecule has 0 aliphatic carbocycles. The van der Waals surface area contributed by atoms with Gasteiger partial charge in [-0.2, -0.15) is 0 Å². The van der Waals surface area contributed by atoms with Crippen LogP contribution in [0.25, 0.3) is 10.7 Å². The molecule has 0 bridgehead atoms. The molecule has 0 unspecified atom stereocenters. The fraction of sp³-hybridized carbons (Fsp3) is 0.0714. The Labute approximate surface area is 150 Å². The molecule has 0 atom stereocenters. The maximum absolute atomic E-state index is 12.0. The number of hydrogen-bond acceptors (Lipinski definition) is 8. The number of amides is 1. The number of nitrogens with two attached hydrogens (primary N) is 1. The first kappa shape index (κ1) is 16.9. The fourth-order valence-corrected chi connectivity index (χ4v) is 3.30. The SMILES string of the molecule is Nn1c(SCC(=O)Nc2ccc([N+](=O)[O-])cc2)nnc1-c1cccs1. The van der Waals surface area contributed by atoms with Gasteiger partial charge in [0.1, 0.15) is 0 Å². The van der Waals surface area contributed by atoms with Crippen LogP contribution in [0, 0.1) is 10.1 Å². The maximum Gasteiger partial charge on any atom is 0.269 e. The van der Waals surface area contributed by atoms with Crippen molar-refractivity contribution < 1.29 is 9.72 Å². The van der Waals surface area contributed by atoms with Crippen molar-refractivity contribution in [3.05, 3.63) is 51.9 Å². The second-order valence-electron chi connectivity index (χ2n) is 4.79. The van der Waals surface area contributed by atoms with E-state index in [-0.39, 0.29) is 17.3 Å². The smallest absolute Gasteiger partial charge is 0.269 e. The highest BCUT2D eigenvalue weighted by Crippen LogP contribution is 2.25. The molecule has 0 radical (unpaired) electrons. The molecule has 0 fully saturated rings. The number of thioether (sulfide) groups is 1. The summed E-state index contributed by atoms with van der Waals surface area (Å²) in [6.07, 6.45) is 0. The van der Waals surface area contributed by atoms with Gasteiger partial charge in [-0.25, -0.2) is 4.68 Å². The van der Waals surface area contributed by atoms with Crippen molar-refractivity contribution in [1.82, 2.24) is 14.9 Å². The number of nitrogens with one attached hydrogen (secondary N) is 1. The van der Waals surface area contributed by atoms with Crippen LogP contribution in [0.4, 0.5) is 11.4 Å². The summed E-state index contributed by atoms with van der Waals surface area (Å²) in [7, 11) is 0. The van der Waals surface area contributed by atoms with Gasteiger partial charge >= 0.3 is 0 Å². The van der Waals surface area contributed by atoms with Gasteiger partial charge in [-0.05, 0) is 23.6 Å². The van der Waals surface area contributed by atoms with Crippen molar-refractivity contribution in [2.24, 2.45) is 0 Å². The highest BCUT2D eigenvalue weighted by Gasteiger charge is 2.14. The average molecular weight is 376 g/mol. The lowest BCUT2D eigenvalue weighted by Crippen LogP contribution is -2.16. The van der Waals surface area contributed by atoms with Crippen molar-refractivity contribution >= 4 is 40.4 Å². The first-order valence-electron chi connectivity index (χ1n) is 6.96. The quantitative estimate of drug-likeness (QED) is 0.292. The van der Waals surface area contributed by atoms with Crippen LogP contribution >= 0.6 is 23.1 Å². The number of nitrogen functional groups attached to an aromatic ring is 1. The van der Waals surface area contributed by atoms with Crippen molar-refractivity contribution in [2.75, 3.05) is 16.9 Å². The third-order valence-electron chi connectivity index (χ3n) is 3.10. The van der Waals surface area contributed by atoms with E-state index < -0.39 is 4.92 Å². The van der Waals surface area contributed by atoms with Crippen LogP contribution in [0.5, 0.6) is 0 Å². The molecule has 3 aromatic rings. The van der Waals surface area contributed by atoms with Gasteiger partial charge in [-0.15, -0.1) is 21.5 Å². The van der Waals surface area contributed by atoms with Crippen molar-refractivity contribution in [1.29, 1.82) is 0 Å². The van der Waals surface area contributed by atoms with Gasteiger partial charge < -0.3 is 11.2 Å². The fourth-order valence-electron chi connectivity index (χ4n) is 1.94. The summed E-state index contributed by atoms with van der Waals surface area (Å²) in [6, 6.07) is 9.37. The second-order valence-corrected chi connectivity index (χ2v) is 6.68. The predicted molar refractivity (Wildman–Crippen MR) is 95.9 cm³/mol. The lowest BCUT2D eigenvalue weighted by molar-refractivity contribution is -0.384. The van der Waals surface area contributed by atoms with Crippen molar-refractivity contribution in [3.8, 4) is 10.7 Å². The Bertz CT molecular complexity index is 892. The van der Waals surface area contributed by atoms with Gasteiger partial charge in [-0.1, -0.05) is 17.8 Å². The van der Waals surface area contributed by atoms with E-state index in [2.05, 4.69) is 15.5 Å². The van der Waals surface area contributed by atoms with Crippen LogP contribution in [-0.4, -0.2) is 31.5 Å². The molecule has 11 heteroatoms. The minimum absolute atomic E-state index is 0.0373. The molecular weight excluding hydrogens is 364 g/mol. The number of nitrogens with zero attached hydrogens (tertiary/aromatic N) is 4. The van der Waals surface area contributed by atoms with E-state index in [1.165, 1.54) is 40.3 Å². The zero-order chi connectivity index (χ0) is 17.8. The number of thiophene rings is 1. The number of carbonyl (C=O) groups is 1. The number of nitro groups is 1.